The van der Waals surface area contributed by atoms with E-state index in [4.69, 9.17) is 9.47 Å². The number of carbonyl (C=O) groups excluding carboxylic acids is 1. The predicted molar refractivity (Wildman–Crippen MR) is 80.3 cm³/mol. The number of methoxy groups -OCH3 is 1. The van der Waals surface area contributed by atoms with Gasteiger partial charge in [-0.1, -0.05) is 0 Å². The van der Waals surface area contributed by atoms with Crippen molar-refractivity contribution in [3.05, 3.63) is 0 Å². The van der Waals surface area contributed by atoms with E-state index >= 15 is 0 Å². The van der Waals surface area contributed by atoms with Crippen molar-refractivity contribution in [1.29, 1.82) is 0 Å². The molecule has 2 fully saturated rings. The van der Waals surface area contributed by atoms with E-state index in [0.29, 0.717) is 6.54 Å². The molecule has 5 nitrogen and oxygen atoms in total. The highest BCUT2D eigenvalue weighted by Crippen LogP contribution is 2.28. The molecule has 0 aromatic carbocycles. The molecule has 0 spiro atoms. The molecule has 2 aliphatic rings. The van der Waals surface area contributed by atoms with Gasteiger partial charge in [-0.2, -0.15) is 0 Å². The Kier molecular flexibility index (Phi) is 7.80. The second kappa shape index (κ2) is 8.82. The minimum atomic E-state index is -0.625. The van der Waals surface area contributed by atoms with Crippen LogP contribution in [0.25, 0.3) is 0 Å². The van der Waals surface area contributed by atoms with Crippen LogP contribution < -0.4 is 10.6 Å². The number of carbonyl (C=O) groups is 1. The van der Waals surface area contributed by atoms with Gasteiger partial charge in [0.25, 0.3) is 5.91 Å². The SMILES string of the molecule is COC1(C(=O)NCCCOCC2CC2)CCNCC1.Cl. The minimum absolute atomic E-state index is 0. The Morgan fingerprint density at radius 1 is 1.35 bits per heavy atom. The average Bonchev–Trinajstić information content (AvgIpc) is 3.27. The first-order chi connectivity index (χ1) is 9.27. The van der Waals surface area contributed by atoms with Crippen LogP contribution in [0.3, 0.4) is 0 Å². The van der Waals surface area contributed by atoms with Crippen molar-refractivity contribution in [3.63, 3.8) is 0 Å². The third-order valence-electron chi connectivity index (χ3n) is 4.02. The Balaban J connectivity index is 0.00000200. The number of hydrogen-bond donors (Lipinski definition) is 2. The molecule has 1 saturated heterocycles. The van der Waals surface area contributed by atoms with E-state index in [9.17, 15) is 4.79 Å². The molecule has 0 unspecified atom stereocenters. The van der Waals surface area contributed by atoms with Crippen molar-refractivity contribution in [1.82, 2.24) is 10.6 Å². The van der Waals surface area contributed by atoms with Gasteiger partial charge in [0.05, 0.1) is 0 Å². The summed E-state index contributed by atoms with van der Waals surface area (Å²) in [7, 11) is 1.63. The van der Waals surface area contributed by atoms with E-state index in [0.717, 1.165) is 51.5 Å². The third kappa shape index (κ3) is 5.20. The van der Waals surface area contributed by atoms with Gasteiger partial charge in [-0.25, -0.2) is 0 Å². The van der Waals surface area contributed by atoms with Crippen LogP contribution in [-0.4, -0.2) is 51.5 Å². The van der Waals surface area contributed by atoms with Gasteiger partial charge in [-0.15, -0.1) is 12.4 Å². The number of nitrogens with one attached hydrogen (secondary N) is 2. The smallest absolute Gasteiger partial charge is 0.252 e. The summed E-state index contributed by atoms with van der Waals surface area (Å²) in [4.78, 5) is 12.2. The number of hydrogen-bond acceptors (Lipinski definition) is 4. The predicted octanol–water partition coefficient (Wildman–Crippen LogP) is 1.11. The standard InChI is InChI=1S/C14H26N2O3.ClH/c1-18-14(5-8-15-9-6-14)13(17)16-7-2-10-19-11-12-3-4-12;/h12,15H,2-11H2,1H3,(H,16,17);1H. The molecular weight excluding hydrogens is 280 g/mol. The molecule has 0 radical (unpaired) electrons. The molecule has 2 N–H and O–H groups in total. The molecule has 20 heavy (non-hydrogen) atoms. The van der Waals surface area contributed by atoms with E-state index in [1.807, 2.05) is 0 Å². The normalized spacial score (nSPS) is 21.1. The summed E-state index contributed by atoms with van der Waals surface area (Å²) < 4.78 is 11.0. The van der Waals surface area contributed by atoms with Gasteiger partial charge in [0, 0.05) is 26.9 Å². The number of rotatable bonds is 8. The molecule has 0 aromatic rings. The maximum atomic E-state index is 12.2. The first-order valence-electron chi connectivity index (χ1n) is 7.39. The number of amides is 1. The zero-order valence-corrected chi connectivity index (χ0v) is 13.1. The fraction of sp³-hybridized carbons (Fsp3) is 0.929. The van der Waals surface area contributed by atoms with Gasteiger partial charge >= 0.3 is 0 Å². The highest BCUT2D eigenvalue weighted by Gasteiger charge is 2.39. The van der Waals surface area contributed by atoms with Crippen LogP contribution in [0.15, 0.2) is 0 Å². The topological polar surface area (TPSA) is 59.6 Å². The molecule has 1 aliphatic carbocycles. The molecule has 118 valence electrons. The summed E-state index contributed by atoms with van der Waals surface area (Å²) in [6.07, 6.45) is 5.00. The quantitative estimate of drug-likeness (QED) is 0.660. The van der Waals surface area contributed by atoms with Crippen LogP contribution in [0.2, 0.25) is 0 Å². The van der Waals surface area contributed by atoms with Crippen LogP contribution in [0.5, 0.6) is 0 Å². The Morgan fingerprint density at radius 2 is 2.05 bits per heavy atom. The zero-order chi connectivity index (χ0) is 13.6. The number of halogens is 1. The lowest BCUT2D eigenvalue weighted by Gasteiger charge is -2.34. The van der Waals surface area contributed by atoms with Crippen LogP contribution >= 0.6 is 12.4 Å². The third-order valence-corrected chi connectivity index (χ3v) is 4.02. The van der Waals surface area contributed by atoms with Gasteiger partial charge in [0.15, 0.2) is 0 Å². The highest BCUT2D eigenvalue weighted by molar-refractivity contribution is 5.85. The average molecular weight is 307 g/mol. The second-order valence-corrected chi connectivity index (χ2v) is 5.58. The van der Waals surface area contributed by atoms with E-state index in [1.165, 1.54) is 12.8 Å². The van der Waals surface area contributed by atoms with Crippen molar-refractivity contribution in [3.8, 4) is 0 Å². The summed E-state index contributed by atoms with van der Waals surface area (Å²) in [5, 5.41) is 6.23. The first kappa shape index (κ1) is 17.7. The van der Waals surface area contributed by atoms with Gasteiger partial charge in [0.1, 0.15) is 5.60 Å². The Morgan fingerprint density at radius 3 is 2.65 bits per heavy atom. The lowest BCUT2D eigenvalue weighted by atomic mass is 9.91. The van der Waals surface area contributed by atoms with E-state index < -0.39 is 5.60 Å². The summed E-state index contributed by atoms with van der Waals surface area (Å²) in [5.74, 6) is 0.833. The summed E-state index contributed by atoms with van der Waals surface area (Å²) in [5.41, 5.74) is -0.625. The highest BCUT2D eigenvalue weighted by atomic mass is 35.5. The Bertz CT molecular complexity index is 292. The van der Waals surface area contributed by atoms with Crippen LogP contribution in [-0.2, 0) is 14.3 Å². The maximum Gasteiger partial charge on any atom is 0.252 e. The van der Waals surface area contributed by atoms with Crippen LogP contribution in [0.1, 0.15) is 32.1 Å². The monoisotopic (exact) mass is 306 g/mol. The van der Waals surface area contributed by atoms with E-state index in [2.05, 4.69) is 10.6 Å². The molecular formula is C14H27ClN2O3. The lowest BCUT2D eigenvalue weighted by Crippen LogP contribution is -2.54. The number of piperidine rings is 1. The molecule has 0 aromatic heterocycles. The van der Waals surface area contributed by atoms with Gasteiger partial charge in [-0.3, -0.25) is 4.79 Å². The maximum absolute atomic E-state index is 12.2. The Hall–Kier alpha value is -0.360. The van der Waals surface area contributed by atoms with Crippen LogP contribution in [0, 0.1) is 5.92 Å². The first-order valence-corrected chi connectivity index (χ1v) is 7.39. The lowest BCUT2D eigenvalue weighted by molar-refractivity contribution is -0.146. The van der Waals surface area contributed by atoms with Crippen molar-refractivity contribution in [2.24, 2.45) is 5.92 Å². The Labute approximate surface area is 127 Å². The van der Waals surface area contributed by atoms with Crippen molar-refractivity contribution in [2.45, 2.75) is 37.7 Å². The van der Waals surface area contributed by atoms with Crippen molar-refractivity contribution < 1.29 is 14.3 Å². The van der Waals surface area contributed by atoms with Gasteiger partial charge in [0.2, 0.25) is 0 Å². The summed E-state index contributed by atoms with van der Waals surface area (Å²) in [6, 6.07) is 0. The minimum Gasteiger partial charge on any atom is -0.381 e. The summed E-state index contributed by atoms with van der Waals surface area (Å²) in [6.45, 7) is 3.97. The largest absolute Gasteiger partial charge is 0.381 e. The molecule has 0 atom stereocenters. The molecule has 0 bridgehead atoms. The van der Waals surface area contributed by atoms with E-state index in [-0.39, 0.29) is 18.3 Å². The number of ether oxygens (including phenoxy) is 2. The zero-order valence-electron chi connectivity index (χ0n) is 12.3. The van der Waals surface area contributed by atoms with Crippen LogP contribution in [0.4, 0.5) is 0 Å². The molecule has 2 rings (SSSR count). The molecule has 1 amide bonds. The van der Waals surface area contributed by atoms with Crippen molar-refractivity contribution >= 4 is 18.3 Å². The fourth-order valence-electron chi connectivity index (χ4n) is 2.43. The van der Waals surface area contributed by atoms with Gasteiger partial charge in [-0.05, 0) is 51.1 Å². The van der Waals surface area contributed by atoms with Gasteiger partial charge < -0.3 is 20.1 Å². The fourth-order valence-corrected chi connectivity index (χ4v) is 2.43. The second-order valence-electron chi connectivity index (χ2n) is 5.58. The van der Waals surface area contributed by atoms with E-state index in [1.54, 1.807) is 7.11 Å². The molecule has 1 aliphatic heterocycles. The molecule has 6 heteroatoms. The molecule has 1 heterocycles. The van der Waals surface area contributed by atoms with Crippen molar-refractivity contribution in [2.75, 3.05) is 40.0 Å². The summed E-state index contributed by atoms with van der Waals surface area (Å²) >= 11 is 0. The molecule has 1 saturated carbocycles.